The second-order valence-corrected chi connectivity index (χ2v) is 11.0. The SMILES string of the molecule is c1ccc(C2=NC(c3cc(-c4cccc5oc6ccccc6c45)c4c(c3)oc3ccccc34)N=C(c3ccccc3)N2)cc1. The summed E-state index contributed by atoms with van der Waals surface area (Å²) in [6.07, 6.45) is -0.488. The largest absolute Gasteiger partial charge is 0.456 e. The van der Waals surface area contributed by atoms with Crippen LogP contribution in [0.4, 0.5) is 0 Å². The van der Waals surface area contributed by atoms with Gasteiger partial charge in [0.25, 0.3) is 0 Å². The smallest absolute Gasteiger partial charge is 0.169 e. The van der Waals surface area contributed by atoms with Gasteiger partial charge in [0, 0.05) is 38.2 Å². The van der Waals surface area contributed by atoms with Crippen molar-refractivity contribution >= 4 is 55.5 Å². The number of hydrogen-bond acceptors (Lipinski definition) is 5. The summed E-state index contributed by atoms with van der Waals surface area (Å²) in [5, 5.41) is 7.80. The van der Waals surface area contributed by atoms with E-state index >= 15 is 0 Å². The maximum absolute atomic E-state index is 6.51. The highest BCUT2D eigenvalue weighted by Gasteiger charge is 2.24. The van der Waals surface area contributed by atoms with Crippen LogP contribution in [-0.4, -0.2) is 11.7 Å². The number of nitrogens with zero attached hydrogens (tertiary/aromatic N) is 2. The average Bonchev–Trinajstić information content (AvgIpc) is 3.67. The van der Waals surface area contributed by atoms with E-state index in [4.69, 9.17) is 18.8 Å². The van der Waals surface area contributed by atoms with Gasteiger partial charge in [-0.2, -0.15) is 0 Å². The Bertz CT molecular complexity index is 2360. The molecule has 1 aliphatic heterocycles. The van der Waals surface area contributed by atoms with E-state index in [0.29, 0.717) is 0 Å². The molecule has 0 saturated heterocycles. The molecule has 0 atom stereocenters. The molecule has 0 unspecified atom stereocenters. The first-order valence-electron chi connectivity index (χ1n) is 14.7. The lowest BCUT2D eigenvalue weighted by atomic mass is 9.93. The van der Waals surface area contributed by atoms with Crippen molar-refractivity contribution in [3.8, 4) is 11.1 Å². The van der Waals surface area contributed by atoms with Gasteiger partial charge in [-0.15, -0.1) is 0 Å². The maximum atomic E-state index is 6.51. The molecule has 0 fully saturated rings. The van der Waals surface area contributed by atoms with E-state index in [1.165, 1.54) is 0 Å². The van der Waals surface area contributed by atoms with Gasteiger partial charge in [0.1, 0.15) is 34.0 Å². The molecule has 0 aliphatic carbocycles. The van der Waals surface area contributed by atoms with Crippen LogP contribution in [0.25, 0.3) is 55.0 Å². The standard InChI is InChI=1S/C39H25N3O2/c1-3-12-24(13-4-1)37-40-38(25-14-5-2-6-15-25)42-39(41-37)26-22-30(36-29-17-8-10-20-32(29)44-34(36)23-26)27-18-11-21-33-35(27)28-16-7-9-19-31(28)43-33/h1-23,39H,(H,40,41,42). The van der Waals surface area contributed by atoms with Crippen molar-refractivity contribution in [1.82, 2.24) is 5.32 Å². The van der Waals surface area contributed by atoms with Crippen LogP contribution in [-0.2, 0) is 0 Å². The Balaban J connectivity index is 1.33. The van der Waals surface area contributed by atoms with Crippen molar-refractivity contribution in [3.05, 3.63) is 156 Å². The number of benzene rings is 6. The first-order valence-corrected chi connectivity index (χ1v) is 14.7. The van der Waals surface area contributed by atoms with Gasteiger partial charge in [0.05, 0.1) is 0 Å². The Morgan fingerprint density at radius 2 is 0.977 bits per heavy atom. The third-order valence-corrected chi connectivity index (χ3v) is 8.33. The minimum Gasteiger partial charge on any atom is -0.456 e. The van der Waals surface area contributed by atoms with E-state index in [-0.39, 0.29) is 0 Å². The van der Waals surface area contributed by atoms with Crippen molar-refractivity contribution in [2.45, 2.75) is 6.17 Å². The monoisotopic (exact) mass is 567 g/mol. The average molecular weight is 568 g/mol. The van der Waals surface area contributed by atoms with Crippen LogP contribution in [0.5, 0.6) is 0 Å². The molecule has 5 heteroatoms. The highest BCUT2D eigenvalue weighted by molar-refractivity contribution is 6.20. The molecule has 1 N–H and O–H groups in total. The van der Waals surface area contributed by atoms with E-state index in [0.717, 1.165) is 83.4 Å². The molecule has 0 spiro atoms. The Kier molecular flexibility index (Phi) is 5.50. The molecule has 44 heavy (non-hydrogen) atoms. The van der Waals surface area contributed by atoms with Crippen molar-refractivity contribution < 1.29 is 8.83 Å². The molecule has 1 aliphatic rings. The van der Waals surface area contributed by atoms with Gasteiger partial charge in [0.2, 0.25) is 0 Å². The molecule has 0 saturated carbocycles. The second-order valence-electron chi connectivity index (χ2n) is 11.0. The predicted octanol–water partition coefficient (Wildman–Crippen LogP) is 9.65. The van der Waals surface area contributed by atoms with E-state index in [9.17, 15) is 0 Å². The lowest BCUT2D eigenvalue weighted by Crippen LogP contribution is -2.36. The number of fused-ring (bicyclic) bond motifs is 6. The van der Waals surface area contributed by atoms with Crippen LogP contribution in [0.3, 0.4) is 0 Å². The summed E-state index contributed by atoms with van der Waals surface area (Å²) in [5.74, 6) is 1.55. The van der Waals surface area contributed by atoms with Gasteiger partial charge in [-0.1, -0.05) is 109 Å². The Hall–Kier alpha value is -5.94. The van der Waals surface area contributed by atoms with Crippen molar-refractivity contribution in [3.63, 3.8) is 0 Å². The summed E-state index contributed by atoms with van der Waals surface area (Å²) in [7, 11) is 0. The highest BCUT2D eigenvalue weighted by atomic mass is 16.3. The fourth-order valence-corrected chi connectivity index (χ4v) is 6.32. The summed E-state index contributed by atoms with van der Waals surface area (Å²) in [4.78, 5) is 10.3. The molecule has 0 bridgehead atoms. The Morgan fingerprint density at radius 3 is 1.61 bits per heavy atom. The molecule has 9 rings (SSSR count). The third kappa shape index (κ3) is 3.94. The Labute approximate surface area is 252 Å². The van der Waals surface area contributed by atoms with Crippen LogP contribution in [0, 0.1) is 0 Å². The molecule has 208 valence electrons. The lowest BCUT2D eigenvalue weighted by molar-refractivity contribution is 0.665. The summed E-state index contributed by atoms with van der Waals surface area (Å²) in [6.45, 7) is 0. The maximum Gasteiger partial charge on any atom is 0.169 e. The van der Waals surface area contributed by atoms with E-state index in [1.807, 2.05) is 66.7 Å². The van der Waals surface area contributed by atoms with Gasteiger partial charge in [0.15, 0.2) is 6.17 Å². The zero-order valence-corrected chi connectivity index (χ0v) is 23.6. The van der Waals surface area contributed by atoms with Gasteiger partial charge in [-0.3, -0.25) is 0 Å². The summed E-state index contributed by atoms with van der Waals surface area (Å²) >= 11 is 0. The van der Waals surface area contributed by atoms with Crippen LogP contribution >= 0.6 is 0 Å². The first kappa shape index (κ1) is 24.6. The van der Waals surface area contributed by atoms with E-state index < -0.39 is 6.17 Å². The number of rotatable bonds is 4. The van der Waals surface area contributed by atoms with Crippen LogP contribution < -0.4 is 5.32 Å². The number of amidine groups is 2. The minimum atomic E-state index is -0.488. The number of para-hydroxylation sites is 2. The normalized spacial score (nSPS) is 13.8. The minimum absolute atomic E-state index is 0.488. The second kappa shape index (κ2) is 9.82. The van der Waals surface area contributed by atoms with Gasteiger partial charge >= 0.3 is 0 Å². The fraction of sp³-hybridized carbons (Fsp3) is 0.0256. The quantitative estimate of drug-likeness (QED) is 0.230. The van der Waals surface area contributed by atoms with Crippen LogP contribution in [0.2, 0.25) is 0 Å². The molecule has 0 amide bonds. The number of hydrogen-bond donors (Lipinski definition) is 1. The van der Waals surface area contributed by atoms with Crippen LogP contribution in [0.1, 0.15) is 22.9 Å². The number of furan rings is 2. The molecule has 3 heterocycles. The lowest BCUT2D eigenvalue weighted by Gasteiger charge is -2.23. The number of aliphatic imine (C=N–C) groups is 2. The van der Waals surface area contributed by atoms with Crippen molar-refractivity contribution in [2.75, 3.05) is 0 Å². The van der Waals surface area contributed by atoms with Crippen LogP contribution in [0.15, 0.2) is 158 Å². The number of nitrogens with one attached hydrogen (secondary N) is 1. The summed E-state index contributed by atoms with van der Waals surface area (Å²) in [6, 6.07) is 47.4. The Morgan fingerprint density at radius 1 is 0.455 bits per heavy atom. The van der Waals surface area contributed by atoms with Gasteiger partial charge < -0.3 is 14.2 Å². The highest BCUT2D eigenvalue weighted by Crippen LogP contribution is 2.44. The molecular weight excluding hydrogens is 542 g/mol. The molecule has 6 aromatic carbocycles. The van der Waals surface area contributed by atoms with Crippen molar-refractivity contribution in [1.29, 1.82) is 0 Å². The van der Waals surface area contributed by atoms with Gasteiger partial charge in [-0.05, 0) is 41.5 Å². The fourth-order valence-electron chi connectivity index (χ4n) is 6.32. The summed E-state index contributed by atoms with van der Waals surface area (Å²) in [5.41, 5.74) is 8.45. The third-order valence-electron chi connectivity index (χ3n) is 8.33. The van der Waals surface area contributed by atoms with Crippen molar-refractivity contribution in [2.24, 2.45) is 9.98 Å². The molecular formula is C39H25N3O2. The first-order chi connectivity index (χ1) is 21.8. The molecule has 5 nitrogen and oxygen atoms in total. The molecule has 0 radical (unpaired) electrons. The topological polar surface area (TPSA) is 63.0 Å². The van der Waals surface area contributed by atoms with Gasteiger partial charge in [-0.25, -0.2) is 9.98 Å². The van der Waals surface area contributed by atoms with E-state index in [1.54, 1.807) is 0 Å². The molecule has 2 aromatic heterocycles. The van der Waals surface area contributed by atoms with E-state index in [2.05, 4.69) is 78.1 Å². The summed E-state index contributed by atoms with van der Waals surface area (Å²) < 4.78 is 12.8. The zero-order chi connectivity index (χ0) is 29.0. The zero-order valence-electron chi connectivity index (χ0n) is 23.6. The predicted molar refractivity (Wildman–Crippen MR) is 178 cm³/mol. The molecule has 8 aromatic rings.